The van der Waals surface area contributed by atoms with E-state index in [1.807, 2.05) is 0 Å². The van der Waals surface area contributed by atoms with Gasteiger partial charge in [0.2, 0.25) is 0 Å². The van der Waals surface area contributed by atoms with Crippen molar-refractivity contribution in [3.05, 3.63) is 0 Å². The third-order valence-electron chi connectivity index (χ3n) is 0.772. The normalized spacial score (nSPS) is 30.4. The third-order valence-corrected chi connectivity index (χ3v) is 0.772. The number of nitrogens with two attached hydrogens (primary N) is 1. The highest BCUT2D eigenvalue weighted by molar-refractivity contribution is 5.81. The molecule has 1 aliphatic heterocycles. The largest absolute Gasteiger partial charge is 0.318 e. The van der Waals surface area contributed by atoms with Gasteiger partial charge in [-0.15, -0.1) is 0 Å². The minimum absolute atomic E-state index is 0.236. The molecule has 0 unspecified atom stereocenters. The van der Waals surface area contributed by atoms with Crippen molar-refractivity contribution in [1.82, 2.24) is 5.48 Å². The van der Waals surface area contributed by atoms with Crippen LogP contribution in [0.15, 0.2) is 0 Å². The number of amides is 1. The summed E-state index contributed by atoms with van der Waals surface area (Å²) in [6.07, 6.45) is 0. The molecule has 4 heteroatoms. The molecule has 0 aromatic carbocycles. The molecule has 0 radical (unpaired) electrons. The summed E-state index contributed by atoms with van der Waals surface area (Å²) >= 11 is 0. The maximum Gasteiger partial charge on any atom is 0.262 e. The van der Waals surface area contributed by atoms with Gasteiger partial charge in [0.05, 0.1) is 6.61 Å². The van der Waals surface area contributed by atoms with Crippen molar-refractivity contribution < 1.29 is 9.63 Å². The van der Waals surface area contributed by atoms with E-state index in [4.69, 9.17) is 5.73 Å². The molecule has 40 valence electrons. The molecule has 0 spiro atoms. The summed E-state index contributed by atoms with van der Waals surface area (Å²) in [6, 6.07) is -0.458. The Labute approximate surface area is 40.6 Å². The predicted octanol–water partition coefficient (Wildman–Crippen LogP) is -1.62. The van der Waals surface area contributed by atoms with Crippen LogP contribution in [0.3, 0.4) is 0 Å². The zero-order chi connectivity index (χ0) is 5.28. The fourth-order valence-electron chi connectivity index (χ4n) is 0.354. The quantitative estimate of drug-likeness (QED) is 0.386. The second kappa shape index (κ2) is 1.48. The summed E-state index contributed by atoms with van der Waals surface area (Å²) in [7, 11) is 0. The summed E-state index contributed by atoms with van der Waals surface area (Å²) in [5, 5.41) is 0. The van der Waals surface area contributed by atoms with Gasteiger partial charge in [-0.1, -0.05) is 0 Å². The zero-order valence-electron chi connectivity index (χ0n) is 3.68. The molecule has 1 aliphatic rings. The molecule has 1 heterocycles. The fraction of sp³-hybridized carbons (Fsp3) is 0.667. The number of nitrogens with one attached hydrogen (secondary N) is 1. The van der Waals surface area contributed by atoms with Gasteiger partial charge >= 0.3 is 0 Å². The topological polar surface area (TPSA) is 64.3 Å². The number of hydrogen-bond acceptors (Lipinski definition) is 3. The number of carbonyl (C=O) groups is 1. The van der Waals surface area contributed by atoms with E-state index in [9.17, 15) is 4.79 Å². The average molecular weight is 102 g/mol. The van der Waals surface area contributed by atoms with Crippen molar-refractivity contribution in [2.45, 2.75) is 6.04 Å². The average Bonchev–Trinajstić information content (AvgIpc) is 1.91. The molecular weight excluding hydrogens is 96.0 g/mol. The lowest BCUT2D eigenvalue weighted by Crippen LogP contribution is -2.31. The van der Waals surface area contributed by atoms with Gasteiger partial charge < -0.3 is 5.73 Å². The van der Waals surface area contributed by atoms with Crippen molar-refractivity contribution in [2.24, 2.45) is 5.73 Å². The molecule has 0 bridgehead atoms. The van der Waals surface area contributed by atoms with Crippen LogP contribution in [0, 0.1) is 0 Å². The van der Waals surface area contributed by atoms with E-state index in [2.05, 4.69) is 10.3 Å². The minimum atomic E-state index is -0.458. The Bertz CT molecular complexity index is 92.9. The Morgan fingerprint density at radius 2 is 2.71 bits per heavy atom. The SMILES string of the molecule is N[C@H]1CONC1=O. The van der Waals surface area contributed by atoms with Crippen molar-refractivity contribution in [1.29, 1.82) is 0 Å². The monoisotopic (exact) mass is 102 g/mol. The first kappa shape index (κ1) is 4.55. The first-order valence-corrected chi connectivity index (χ1v) is 1.98. The van der Waals surface area contributed by atoms with Gasteiger partial charge in [-0.3, -0.25) is 9.63 Å². The van der Waals surface area contributed by atoms with Crippen molar-refractivity contribution >= 4 is 5.91 Å². The summed E-state index contributed by atoms with van der Waals surface area (Å²) in [6.45, 7) is 0.291. The fourth-order valence-corrected chi connectivity index (χ4v) is 0.354. The molecule has 3 N–H and O–H groups in total. The van der Waals surface area contributed by atoms with E-state index in [1.54, 1.807) is 0 Å². The van der Waals surface area contributed by atoms with Gasteiger partial charge in [0.25, 0.3) is 5.91 Å². The van der Waals surface area contributed by atoms with E-state index >= 15 is 0 Å². The molecule has 0 aliphatic carbocycles. The highest BCUT2D eigenvalue weighted by Gasteiger charge is 2.19. The van der Waals surface area contributed by atoms with Crippen LogP contribution in [0.5, 0.6) is 0 Å². The Morgan fingerprint density at radius 1 is 2.00 bits per heavy atom. The summed E-state index contributed by atoms with van der Waals surface area (Å²) in [5.41, 5.74) is 7.25. The summed E-state index contributed by atoms with van der Waals surface area (Å²) < 4.78 is 0. The molecule has 1 saturated heterocycles. The molecule has 1 rings (SSSR count). The van der Waals surface area contributed by atoms with Crippen LogP contribution in [-0.4, -0.2) is 18.6 Å². The van der Waals surface area contributed by atoms with Crippen LogP contribution in [0.1, 0.15) is 0 Å². The van der Waals surface area contributed by atoms with Crippen molar-refractivity contribution in [3.8, 4) is 0 Å². The molecule has 4 nitrogen and oxygen atoms in total. The molecule has 7 heavy (non-hydrogen) atoms. The van der Waals surface area contributed by atoms with E-state index in [1.165, 1.54) is 0 Å². The first-order valence-electron chi connectivity index (χ1n) is 1.98. The predicted molar refractivity (Wildman–Crippen MR) is 22.1 cm³/mol. The molecule has 1 atom stereocenters. The number of carbonyl (C=O) groups excluding carboxylic acids is 1. The lowest BCUT2D eigenvalue weighted by molar-refractivity contribution is -0.124. The van der Waals surface area contributed by atoms with Crippen LogP contribution < -0.4 is 11.2 Å². The van der Waals surface area contributed by atoms with Crippen molar-refractivity contribution in [2.75, 3.05) is 6.61 Å². The van der Waals surface area contributed by atoms with Crippen LogP contribution in [0.4, 0.5) is 0 Å². The second-order valence-electron chi connectivity index (χ2n) is 1.38. The highest BCUT2D eigenvalue weighted by atomic mass is 16.7. The van der Waals surface area contributed by atoms with Crippen LogP contribution in [0.2, 0.25) is 0 Å². The van der Waals surface area contributed by atoms with Crippen LogP contribution >= 0.6 is 0 Å². The van der Waals surface area contributed by atoms with Gasteiger partial charge in [0.15, 0.2) is 0 Å². The smallest absolute Gasteiger partial charge is 0.262 e. The molecular formula is C3H6N2O2. The lowest BCUT2D eigenvalue weighted by Gasteiger charge is -1.87. The Balaban J connectivity index is 2.48. The summed E-state index contributed by atoms with van der Waals surface area (Å²) in [5.74, 6) is -0.236. The Kier molecular flexibility index (Phi) is 0.958. The van der Waals surface area contributed by atoms with Gasteiger partial charge in [-0.25, -0.2) is 5.48 Å². The number of rotatable bonds is 0. The third kappa shape index (κ3) is 0.703. The van der Waals surface area contributed by atoms with Gasteiger partial charge in [-0.2, -0.15) is 0 Å². The Hall–Kier alpha value is -0.610. The van der Waals surface area contributed by atoms with Crippen molar-refractivity contribution in [3.63, 3.8) is 0 Å². The molecule has 1 amide bonds. The molecule has 0 aromatic heterocycles. The van der Waals surface area contributed by atoms with Crippen LogP contribution in [0.25, 0.3) is 0 Å². The standard InChI is InChI=1S/C3H6N2O2/c4-2-1-7-5-3(2)6/h2H,1,4H2,(H,5,6)/t2-/m0/s1. The van der Waals surface area contributed by atoms with Gasteiger partial charge in [0.1, 0.15) is 6.04 Å². The van der Waals surface area contributed by atoms with E-state index in [0.29, 0.717) is 6.61 Å². The maximum absolute atomic E-state index is 10.2. The highest BCUT2D eigenvalue weighted by Crippen LogP contribution is 1.87. The van der Waals surface area contributed by atoms with Gasteiger partial charge in [-0.05, 0) is 0 Å². The first-order chi connectivity index (χ1) is 3.30. The summed E-state index contributed by atoms with van der Waals surface area (Å²) in [4.78, 5) is 14.7. The van der Waals surface area contributed by atoms with E-state index in [-0.39, 0.29) is 5.91 Å². The molecule has 0 saturated carbocycles. The van der Waals surface area contributed by atoms with E-state index in [0.717, 1.165) is 0 Å². The maximum atomic E-state index is 10.2. The second-order valence-corrected chi connectivity index (χ2v) is 1.38. The minimum Gasteiger partial charge on any atom is -0.318 e. The van der Waals surface area contributed by atoms with E-state index < -0.39 is 6.04 Å². The van der Waals surface area contributed by atoms with Crippen LogP contribution in [-0.2, 0) is 9.63 Å². The number of hydroxylamine groups is 1. The zero-order valence-corrected chi connectivity index (χ0v) is 3.68. The lowest BCUT2D eigenvalue weighted by atomic mass is 10.3. The molecule has 1 fully saturated rings. The number of hydrogen-bond donors (Lipinski definition) is 2. The van der Waals surface area contributed by atoms with Gasteiger partial charge in [0, 0.05) is 0 Å². The Morgan fingerprint density at radius 3 is 2.86 bits per heavy atom. The molecule has 0 aromatic rings.